The highest BCUT2D eigenvalue weighted by Crippen LogP contribution is 2.36. The van der Waals surface area contributed by atoms with E-state index in [0.717, 1.165) is 29.5 Å². The summed E-state index contributed by atoms with van der Waals surface area (Å²) >= 11 is 3.02. The zero-order valence-corrected chi connectivity index (χ0v) is 18.6. The van der Waals surface area contributed by atoms with Crippen molar-refractivity contribution in [1.29, 1.82) is 0 Å². The lowest BCUT2D eigenvalue weighted by Crippen LogP contribution is -2.44. The molecule has 1 aliphatic carbocycles. The highest BCUT2D eigenvalue weighted by Gasteiger charge is 2.26. The van der Waals surface area contributed by atoms with Crippen LogP contribution in [0.1, 0.15) is 58.4 Å². The molecule has 0 saturated heterocycles. The van der Waals surface area contributed by atoms with Crippen molar-refractivity contribution in [3.05, 3.63) is 20.8 Å². The van der Waals surface area contributed by atoms with Crippen LogP contribution in [0.3, 0.4) is 0 Å². The minimum Gasteiger partial charge on any atom is -0.351 e. The number of hydrogen-bond acceptors (Lipinski definition) is 5. The molecule has 148 valence electrons. The fourth-order valence-electron chi connectivity index (χ4n) is 3.46. The van der Waals surface area contributed by atoms with Gasteiger partial charge in [-0.15, -0.1) is 11.3 Å². The first-order valence-electron chi connectivity index (χ1n) is 9.64. The Hall–Kier alpha value is -1.34. The highest BCUT2D eigenvalue weighted by atomic mass is 32.2. The molecule has 0 bridgehead atoms. The first-order valence-corrected chi connectivity index (χ1v) is 11.3. The second-order valence-corrected chi connectivity index (χ2v) is 10.9. The van der Waals surface area contributed by atoms with Crippen molar-refractivity contribution in [2.75, 3.05) is 0 Å². The van der Waals surface area contributed by atoms with Crippen molar-refractivity contribution in [2.45, 2.75) is 83.3 Å². The fraction of sp³-hybridized carbons (Fsp3) is 0.650. The van der Waals surface area contributed by atoms with E-state index in [4.69, 9.17) is 4.98 Å². The third-order valence-electron chi connectivity index (χ3n) is 4.85. The summed E-state index contributed by atoms with van der Waals surface area (Å²) in [4.78, 5) is 32.6. The molecule has 1 amide bonds. The third kappa shape index (κ3) is 4.24. The zero-order chi connectivity index (χ0) is 19.9. The van der Waals surface area contributed by atoms with E-state index in [1.165, 1.54) is 22.2 Å². The van der Waals surface area contributed by atoms with Crippen molar-refractivity contribution in [2.24, 2.45) is 5.92 Å². The first-order chi connectivity index (χ1) is 12.6. The second kappa shape index (κ2) is 7.59. The molecule has 5 nitrogen and oxygen atoms in total. The Bertz CT molecular complexity index is 924. The molecule has 0 unspecified atom stereocenters. The summed E-state index contributed by atoms with van der Waals surface area (Å²) in [5, 5.41) is 4.12. The van der Waals surface area contributed by atoms with E-state index in [1.54, 1.807) is 15.9 Å². The molecule has 2 heterocycles. The number of nitrogens with one attached hydrogen (secondary N) is 1. The Morgan fingerprint density at radius 2 is 2.15 bits per heavy atom. The summed E-state index contributed by atoms with van der Waals surface area (Å²) < 4.78 is 1.72. The quantitative estimate of drug-likeness (QED) is 0.615. The van der Waals surface area contributed by atoms with Gasteiger partial charge in [0.05, 0.1) is 10.6 Å². The van der Waals surface area contributed by atoms with Crippen LogP contribution in [0.5, 0.6) is 0 Å². The van der Waals surface area contributed by atoms with Crippen LogP contribution in [-0.2, 0) is 24.2 Å². The molecule has 1 N–H and O–H groups in total. The van der Waals surface area contributed by atoms with Gasteiger partial charge in [-0.3, -0.25) is 14.2 Å². The Labute approximate surface area is 169 Å². The van der Waals surface area contributed by atoms with E-state index in [2.05, 4.69) is 12.2 Å². The molecule has 27 heavy (non-hydrogen) atoms. The summed E-state index contributed by atoms with van der Waals surface area (Å²) in [6.45, 7) is 12.5. The number of fused-ring (bicyclic) bond motifs is 3. The van der Waals surface area contributed by atoms with Crippen LogP contribution < -0.4 is 10.9 Å². The number of amides is 1. The molecule has 2 aromatic heterocycles. The number of carbonyl (C=O) groups excluding carboxylic acids is 1. The summed E-state index contributed by atoms with van der Waals surface area (Å²) in [6, 6.07) is 0. The van der Waals surface area contributed by atoms with Crippen LogP contribution in [0.25, 0.3) is 10.2 Å². The number of hydrogen-bond donors (Lipinski definition) is 1. The van der Waals surface area contributed by atoms with E-state index in [1.807, 2.05) is 34.6 Å². The summed E-state index contributed by atoms with van der Waals surface area (Å²) in [7, 11) is 0. The van der Waals surface area contributed by atoms with Crippen LogP contribution in [0.15, 0.2) is 9.95 Å². The van der Waals surface area contributed by atoms with Gasteiger partial charge in [0.15, 0.2) is 5.16 Å². The number of aromatic nitrogens is 2. The number of aryl methyl sites for hydroxylation is 1. The van der Waals surface area contributed by atoms with Gasteiger partial charge in [0.25, 0.3) is 5.56 Å². The third-order valence-corrected chi connectivity index (χ3v) is 7.08. The lowest BCUT2D eigenvalue weighted by molar-refractivity contribution is -0.121. The first kappa shape index (κ1) is 20.4. The van der Waals surface area contributed by atoms with Gasteiger partial charge in [-0.25, -0.2) is 4.98 Å². The molecule has 0 spiro atoms. The molecule has 2 aromatic rings. The maximum atomic E-state index is 13.2. The van der Waals surface area contributed by atoms with Crippen LogP contribution in [0.4, 0.5) is 0 Å². The lowest BCUT2D eigenvalue weighted by atomic mass is 9.89. The second-order valence-electron chi connectivity index (χ2n) is 8.48. The van der Waals surface area contributed by atoms with Crippen LogP contribution in [-0.4, -0.2) is 26.2 Å². The number of thioether (sulfide) groups is 1. The average Bonchev–Trinajstić information content (AvgIpc) is 2.90. The molecular formula is C20H29N3O2S2. The number of carbonyl (C=O) groups is 1. The summed E-state index contributed by atoms with van der Waals surface area (Å²) in [6.07, 6.45) is 3.13. The highest BCUT2D eigenvalue weighted by molar-refractivity contribution is 8.00. The van der Waals surface area contributed by atoms with Gasteiger partial charge in [0, 0.05) is 17.0 Å². The summed E-state index contributed by atoms with van der Waals surface area (Å²) in [5.74, 6) is 0.623. The summed E-state index contributed by atoms with van der Waals surface area (Å²) in [5.41, 5.74) is 0.973. The van der Waals surface area contributed by atoms with E-state index >= 15 is 0 Å². The normalized spacial score (nSPS) is 18.4. The maximum absolute atomic E-state index is 13.2. The predicted octanol–water partition coefficient (Wildman–Crippen LogP) is 4.00. The van der Waals surface area contributed by atoms with Crippen LogP contribution >= 0.6 is 23.1 Å². The van der Waals surface area contributed by atoms with Gasteiger partial charge < -0.3 is 5.32 Å². The Kier molecular flexibility index (Phi) is 5.73. The monoisotopic (exact) mass is 407 g/mol. The Balaban J connectivity index is 1.99. The number of rotatable bonds is 4. The van der Waals surface area contributed by atoms with E-state index in [0.29, 0.717) is 17.6 Å². The minimum atomic E-state index is -0.319. The molecule has 0 fully saturated rings. The standard InChI is InChI=1S/C20H29N3O2S2/c1-7-23-18(25)15-13-9-8-11(2)10-14(13)27-17(15)21-19(23)26-12(3)16(24)22-20(4,5)6/h11-12H,7-10H2,1-6H3,(H,22,24)/t11-,12-/m1/s1. The van der Waals surface area contributed by atoms with Crippen molar-refractivity contribution >= 4 is 39.2 Å². The van der Waals surface area contributed by atoms with Gasteiger partial charge in [-0.1, -0.05) is 18.7 Å². The fourth-order valence-corrected chi connectivity index (χ4v) is 5.85. The number of nitrogens with zero attached hydrogens (tertiary/aromatic N) is 2. The Morgan fingerprint density at radius 3 is 2.78 bits per heavy atom. The van der Waals surface area contributed by atoms with Gasteiger partial charge in [-0.05, 0) is 65.4 Å². The number of thiophene rings is 1. The molecule has 0 aromatic carbocycles. The van der Waals surface area contributed by atoms with E-state index in [-0.39, 0.29) is 22.3 Å². The van der Waals surface area contributed by atoms with Crippen molar-refractivity contribution in [3.8, 4) is 0 Å². The minimum absolute atomic E-state index is 0.0382. The SMILES string of the molecule is CCn1c(S[C@H](C)C(=O)NC(C)(C)C)nc2sc3c(c2c1=O)CC[C@@H](C)C3. The van der Waals surface area contributed by atoms with Crippen molar-refractivity contribution < 1.29 is 4.79 Å². The van der Waals surface area contributed by atoms with Crippen molar-refractivity contribution in [1.82, 2.24) is 14.9 Å². The lowest BCUT2D eigenvalue weighted by Gasteiger charge is -2.23. The van der Waals surface area contributed by atoms with Crippen LogP contribution in [0, 0.1) is 5.92 Å². The molecule has 2 atom stereocenters. The molecule has 0 aliphatic heterocycles. The zero-order valence-electron chi connectivity index (χ0n) is 17.0. The van der Waals surface area contributed by atoms with Gasteiger partial charge >= 0.3 is 0 Å². The molecule has 0 saturated carbocycles. The molecule has 0 radical (unpaired) electrons. The van der Waals surface area contributed by atoms with Crippen molar-refractivity contribution in [3.63, 3.8) is 0 Å². The molecule has 1 aliphatic rings. The molecular weight excluding hydrogens is 378 g/mol. The van der Waals surface area contributed by atoms with Gasteiger partial charge in [0.1, 0.15) is 4.83 Å². The van der Waals surface area contributed by atoms with Gasteiger partial charge in [0.2, 0.25) is 5.91 Å². The predicted molar refractivity (Wildman–Crippen MR) is 114 cm³/mol. The molecule has 7 heteroatoms. The Morgan fingerprint density at radius 1 is 1.44 bits per heavy atom. The topological polar surface area (TPSA) is 64.0 Å². The molecule has 3 rings (SSSR count). The maximum Gasteiger partial charge on any atom is 0.263 e. The van der Waals surface area contributed by atoms with Crippen LogP contribution in [0.2, 0.25) is 0 Å². The average molecular weight is 408 g/mol. The smallest absolute Gasteiger partial charge is 0.263 e. The van der Waals surface area contributed by atoms with E-state index < -0.39 is 0 Å². The largest absolute Gasteiger partial charge is 0.351 e. The van der Waals surface area contributed by atoms with Gasteiger partial charge in [-0.2, -0.15) is 0 Å². The van der Waals surface area contributed by atoms with E-state index in [9.17, 15) is 9.59 Å².